The molecular formula is C13H18N2O3. The number of nitro benzene ring substituents is 1. The van der Waals surface area contributed by atoms with E-state index in [4.69, 9.17) is 4.74 Å². The van der Waals surface area contributed by atoms with Gasteiger partial charge >= 0.3 is 0 Å². The molecule has 0 spiro atoms. The zero-order valence-corrected chi connectivity index (χ0v) is 10.7. The minimum atomic E-state index is -0.343. The van der Waals surface area contributed by atoms with E-state index >= 15 is 0 Å². The third kappa shape index (κ3) is 2.98. The van der Waals surface area contributed by atoms with Crippen LogP contribution in [-0.2, 0) is 4.74 Å². The molecule has 1 aliphatic heterocycles. The molecule has 2 atom stereocenters. The van der Waals surface area contributed by atoms with Crippen LogP contribution in [0.25, 0.3) is 0 Å². The molecule has 1 N–H and O–H groups in total. The maximum atomic E-state index is 11.0. The SMILES string of the molecule is Cc1ccc([N+](=O)[O-])c(NC2CCOC(C)C2)c1. The van der Waals surface area contributed by atoms with Crippen LogP contribution < -0.4 is 5.32 Å². The van der Waals surface area contributed by atoms with Gasteiger partial charge in [0.15, 0.2) is 0 Å². The van der Waals surface area contributed by atoms with Gasteiger partial charge in [0.1, 0.15) is 5.69 Å². The number of aryl methyl sites for hydroxylation is 1. The Labute approximate surface area is 106 Å². The second-order valence-electron chi connectivity index (χ2n) is 4.82. The minimum absolute atomic E-state index is 0.139. The molecule has 2 rings (SSSR count). The highest BCUT2D eigenvalue weighted by Crippen LogP contribution is 2.28. The van der Waals surface area contributed by atoms with Crippen LogP contribution in [0.15, 0.2) is 18.2 Å². The second-order valence-corrected chi connectivity index (χ2v) is 4.82. The lowest BCUT2D eigenvalue weighted by Crippen LogP contribution is -2.32. The molecule has 2 unspecified atom stereocenters. The molecule has 1 aliphatic rings. The van der Waals surface area contributed by atoms with E-state index in [2.05, 4.69) is 5.32 Å². The molecule has 18 heavy (non-hydrogen) atoms. The van der Waals surface area contributed by atoms with E-state index in [1.807, 2.05) is 19.9 Å². The van der Waals surface area contributed by atoms with Gasteiger partial charge in [-0.25, -0.2) is 0 Å². The van der Waals surface area contributed by atoms with Gasteiger partial charge < -0.3 is 10.1 Å². The Morgan fingerprint density at radius 3 is 2.94 bits per heavy atom. The van der Waals surface area contributed by atoms with Gasteiger partial charge in [-0.1, -0.05) is 6.07 Å². The summed E-state index contributed by atoms with van der Waals surface area (Å²) in [6.45, 7) is 4.67. The first-order valence-corrected chi connectivity index (χ1v) is 6.19. The van der Waals surface area contributed by atoms with Gasteiger partial charge in [0.25, 0.3) is 5.69 Å². The quantitative estimate of drug-likeness (QED) is 0.661. The van der Waals surface area contributed by atoms with Crippen LogP contribution in [0.5, 0.6) is 0 Å². The van der Waals surface area contributed by atoms with Gasteiger partial charge in [-0.15, -0.1) is 0 Å². The molecule has 5 heteroatoms. The predicted octanol–water partition coefficient (Wildman–Crippen LogP) is 2.88. The molecule has 0 bridgehead atoms. The fourth-order valence-electron chi connectivity index (χ4n) is 2.27. The predicted molar refractivity (Wildman–Crippen MR) is 69.9 cm³/mol. The Kier molecular flexibility index (Phi) is 3.81. The van der Waals surface area contributed by atoms with E-state index in [0.29, 0.717) is 12.3 Å². The molecule has 0 radical (unpaired) electrons. The summed E-state index contributed by atoms with van der Waals surface area (Å²) in [7, 11) is 0. The third-order valence-electron chi connectivity index (χ3n) is 3.19. The largest absolute Gasteiger partial charge is 0.378 e. The first-order chi connectivity index (χ1) is 8.56. The van der Waals surface area contributed by atoms with Crippen molar-refractivity contribution in [3.63, 3.8) is 0 Å². The van der Waals surface area contributed by atoms with Crippen LogP contribution in [0.2, 0.25) is 0 Å². The highest BCUT2D eigenvalue weighted by molar-refractivity contribution is 5.63. The Bertz CT molecular complexity index is 448. The van der Waals surface area contributed by atoms with Crippen LogP contribution in [-0.4, -0.2) is 23.7 Å². The molecule has 0 aliphatic carbocycles. The van der Waals surface area contributed by atoms with Crippen molar-refractivity contribution in [2.45, 2.75) is 38.8 Å². The molecule has 0 amide bonds. The first kappa shape index (κ1) is 12.8. The van der Waals surface area contributed by atoms with Crippen LogP contribution >= 0.6 is 0 Å². The fraction of sp³-hybridized carbons (Fsp3) is 0.538. The molecule has 1 aromatic carbocycles. The lowest BCUT2D eigenvalue weighted by Gasteiger charge is -2.28. The zero-order chi connectivity index (χ0) is 13.1. The summed E-state index contributed by atoms with van der Waals surface area (Å²) in [5.41, 5.74) is 1.77. The highest BCUT2D eigenvalue weighted by atomic mass is 16.6. The lowest BCUT2D eigenvalue weighted by atomic mass is 10.0. The molecule has 1 saturated heterocycles. The Hall–Kier alpha value is -1.62. The summed E-state index contributed by atoms with van der Waals surface area (Å²) in [5, 5.41) is 14.3. The monoisotopic (exact) mass is 250 g/mol. The third-order valence-corrected chi connectivity index (χ3v) is 3.19. The number of hydrogen-bond donors (Lipinski definition) is 1. The Balaban J connectivity index is 2.16. The number of nitro groups is 1. The summed E-state index contributed by atoms with van der Waals surface area (Å²) in [5.74, 6) is 0. The van der Waals surface area contributed by atoms with E-state index in [-0.39, 0.29) is 22.8 Å². The van der Waals surface area contributed by atoms with Crippen molar-refractivity contribution in [1.82, 2.24) is 0 Å². The Morgan fingerprint density at radius 1 is 1.50 bits per heavy atom. The molecule has 1 fully saturated rings. The number of anilines is 1. The molecule has 0 aromatic heterocycles. The van der Waals surface area contributed by atoms with E-state index in [9.17, 15) is 10.1 Å². The van der Waals surface area contributed by atoms with Crippen molar-refractivity contribution in [1.29, 1.82) is 0 Å². The summed E-state index contributed by atoms with van der Waals surface area (Å²) < 4.78 is 5.47. The van der Waals surface area contributed by atoms with E-state index in [1.165, 1.54) is 0 Å². The summed E-state index contributed by atoms with van der Waals surface area (Å²) >= 11 is 0. The molecule has 1 aromatic rings. The molecule has 0 saturated carbocycles. The highest BCUT2D eigenvalue weighted by Gasteiger charge is 2.22. The average Bonchev–Trinajstić information content (AvgIpc) is 2.28. The topological polar surface area (TPSA) is 64.4 Å². The summed E-state index contributed by atoms with van der Waals surface area (Å²) in [6, 6.07) is 5.39. The zero-order valence-electron chi connectivity index (χ0n) is 10.7. The maximum absolute atomic E-state index is 11.0. The van der Waals surface area contributed by atoms with Gasteiger partial charge in [-0.3, -0.25) is 10.1 Å². The standard InChI is InChI=1S/C13H18N2O3/c1-9-3-4-13(15(16)17)12(7-9)14-11-5-6-18-10(2)8-11/h3-4,7,10-11,14H,5-6,8H2,1-2H3. The number of rotatable bonds is 3. The molecule has 1 heterocycles. The second kappa shape index (κ2) is 5.35. The fourth-order valence-corrected chi connectivity index (χ4v) is 2.27. The van der Waals surface area contributed by atoms with Gasteiger partial charge in [-0.05, 0) is 38.3 Å². The van der Waals surface area contributed by atoms with Gasteiger partial charge in [0.2, 0.25) is 0 Å². The average molecular weight is 250 g/mol. The van der Waals surface area contributed by atoms with Gasteiger partial charge in [0, 0.05) is 18.7 Å². The van der Waals surface area contributed by atoms with Crippen molar-refractivity contribution in [3.05, 3.63) is 33.9 Å². The number of nitrogens with zero attached hydrogens (tertiary/aromatic N) is 1. The van der Waals surface area contributed by atoms with Gasteiger partial charge in [-0.2, -0.15) is 0 Å². The minimum Gasteiger partial charge on any atom is -0.378 e. The number of benzene rings is 1. The van der Waals surface area contributed by atoms with E-state index in [0.717, 1.165) is 18.4 Å². The van der Waals surface area contributed by atoms with Crippen LogP contribution in [0.3, 0.4) is 0 Å². The molecular weight excluding hydrogens is 232 g/mol. The Morgan fingerprint density at radius 2 is 2.28 bits per heavy atom. The lowest BCUT2D eigenvalue weighted by molar-refractivity contribution is -0.384. The van der Waals surface area contributed by atoms with Crippen LogP contribution in [0, 0.1) is 17.0 Å². The first-order valence-electron chi connectivity index (χ1n) is 6.19. The van der Waals surface area contributed by atoms with Crippen molar-refractivity contribution in [3.8, 4) is 0 Å². The van der Waals surface area contributed by atoms with E-state index < -0.39 is 0 Å². The summed E-state index contributed by atoms with van der Waals surface area (Å²) in [4.78, 5) is 10.6. The maximum Gasteiger partial charge on any atom is 0.292 e. The van der Waals surface area contributed by atoms with Crippen molar-refractivity contribution >= 4 is 11.4 Å². The van der Waals surface area contributed by atoms with Crippen molar-refractivity contribution in [2.24, 2.45) is 0 Å². The van der Waals surface area contributed by atoms with Crippen molar-refractivity contribution in [2.75, 3.05) is 11.9 Å². The van der Waals surface area contributed by atoms with Gasteiger partial charge in [0.05, 0.1) is 11.0 Å². The molecule has 98 valence electrons. The normalized spacial score (nSPS) is 23.7. The van der Waals surface area contributed by atoms with E-state index in [1.54, 1.807) is 12.1 Å². The molecule has 5 nitrogen and oxygen atoms in total. The number of nitrogens with one attached hydrogen (secondary N) is 1. The smallest absolute Gasteiger partial charge is 0.292 e. The number of ether oxygens (including phenoxy) is 1. The van der Waals surface area contributed by atoms with Crippen LogP contribution in [0.4, 0.5) is 11.4 Å². The van der Waals surface area contributed by atoms with Crippen LogP contribution in [0.1, 0.15) is 25.3 Å². The summed E-state index contributed by atoms with van der Waals surface area (Å²) in [6.07, 6.45) is 1.97. The number of hydrogen-bond acceptors (Lipinski definition) is 4. The van der Waals surface area contributed by atoms with Crippen molar-refractivity contribution < 1.29 is 9.66 Å².